The number of hydrogen-bond acceptors (Lipinski definition) is 4. The molecular formula is C13H16BrN3O2. The van der Waals surface area contributed by atoms with Crippen LogP contribution in [0.25, 0.3) is 0 Å². The van der Waals surface area contributed by atoms with Gasteiger partial charge in [0.25, 0.3) is 5.91 Å². The molecule has 0 radical (unpaired) electrons. The standard InChI is InChI=1S/C13H16BrN3O2/c1-13(2,9-15)17-7-5-16(6-8-17)12(18)10-3-4-11(14)19-10/h3-4H,5-8H2,1-2H3. The Kier molecular flexibility index (Phi) is 3.97. The number of rotatable bonds is 2. The molecule has 0 spiro atoms. The van der Waals surface area contributed by atoms with Crippen molar-refractivity contribution in [2.75, 3.05) is 26.2 Å². The first-order chi connectivity index (χ1) is 8.94. The van der Waals surface area contributed by atoms with Crippen LogP contribution in [0.3, 0.4) is 0 Å². The Hall–Kier alpha value is -1.32. The lowest BCUT2D eigenvalue weighted by Gasteiger charge is -2.40. The molecule has 6 heteroatoms. The van der Waals surface area contributed by atoms with Gasteiger partial charge in [0.1, 0.15) is 5.54 Å². The Morgan fingerprint density at radius 2 is 2.00 bits per heavy atom. The highest BCUT2D eigenvalue weighted by molar-refractivity contribution is 9.10. The number of halogens is 1. The number of carbonyl (C=O) groups is 1. The third-order valence-corrected chi connectivity index (χ3v) is 3.84. The van der Waals surface area contributed by atoms with E-state index in [0.717, 1.165) is 0 Å². The molecule has 0 saturated carbocycles. The molecule has 1 aromatic rings. The fraction of sp³-hybridized carbons (Fsp3) is 0.538. The van der Waals surface area contributed by atoms with Crippen LogP contribution in [0.1, 0.15) is 24.4 Å². The highest BCUT2D eigenvalue weighted by Crippen LogP contribution is 2.19. The van der Waals surface area contributed by atoms with Gasteiger partial charge < -0.3 is 9.32 Å². The second kappa shape index (κ2) is 5.35. The lowest BCUT2D eigenvalue weighted by atomic mass is 10.0. The van der Waals surface area contributed by atoms with Crippen LogP contribution in [-0.2, 0) is 0 Å². The molecule has 1 aliphatic rings. The molecule has 102 valence electrons. The first-order valence-corrected chi connectivity index (χ1v) is 6.94. The summed E-state index contributed by atoms with van der Waals surface area (Å²) in [5.74, 6) is 0.250. The number of nitriles is 1. The summed E-state index contributed by atoms with van der Waals surface area (Å²) >= 11 is 3.19. The molecule has 0 N–H and O–H groups in total. The van der Waals surface area contributed by atoms with Crippen molar-refractivity contribution in [2.24, 2.45) is 0 Å². The van der Waals surface area contributed by atoms with Crippen molar-refractivity contribution in [2.45, 2.75) is 19.4 Å². The molecule has 0 atom stereocenters. The van der Waals surface area contributed by atoms with E-state index in [0.29, 0.717) is 36.6 Å². The van der Waals surface area contributed by atoms with Gasteiger partial charge in [0, 0.05) is 26.2 Å². The highest BCUT2D eigenvalue weighted by Gasteiger charge is 2.31. The van der Waals surface area contributed by atoms with Crippen molar-refractivity contribution < 1.29 is 9.21 Å². The number of hydrogen-bond donors (Lipinski definition) is 0. The number of nitrogens with zero attached hydrogens (tertiary/aromatic N) is 3. The Balaban J connectivity index is 1.97. The minimum atomic E-state index is -0.483. The summed E-state index contributed by atoms with van der Waals surface area (Å²) in [7, 11) is 0. The SMILES string of the molecule is CC(C)(C#N)N1CCN(C(=O)c2ccc(Br)o2)CC1. The summed E-state index contributed by atoms with van der Waals surface area (Å²) < 4.78 is 5.83. The second-order valence-corrected chi connectivity index (χ2v) is 5.84. The largest absolute Gasteiger partial charge is 0.444 e. The molecule has 0 aromatic carbocycles. The molecule has 1 amide bonds. The van der Waals surface area contributed by atoms with E-state index in [9.17, 15) is 4.79 Å². The average molecular weight is 326 g/mol. The lowest BCUT2D eigenvalue weighted by molar-refractivity contribution is 0.0493. The van der Waals surface area contributed by atoms with Gasteiger partial charge in [0.2, 0.25) is 0 Å². The molecular weight excluding hydrogens is 310 g/mol. The van der Waals surface area contributed by atoms with Crippen LogP contribution >= 0.6 is 15.9 Å². The third kappa shape index (κ3) is 2.99. The highest BCUT2D eigenvalue weighted by atomic mass is 79.9. The van der Waals surface area contributed by atoms with Gasteiger partial charge in [-0.05, 0) is 41.9 Å². The summed E-state index contributed by atoms with van der Waals surface area (Å²) in [5.41, 5.74) is -0.483. The molecule has 2 heterocycles. The Bertz CT molecular complexity index is 510. The fourth-order valence-corrected chi connectivity index (χ4v) is 2.43. The number of piperazine rings is 1. The van der Waals surface area contributed by atoms with Gasteiger partial charge in [0.15, 0.2) is 10.4 Å². The van der Waals surface area contributed by atoms with Crippen molar-refractivity contribution in [3.8, 4) is 6.07 Å². The van der Waals surface area contributed by atoms with Crippen molar-refractivity contribution in [3.05, 3.63) is 22.6 Å². The van der Waals surface area contributed by atoms with Crippen LogP contribution in [0.2, 0.25) is 0 Å². The van der Waals surface area contributed by atoms with Gasteiger partial charge in [-0.25, -0.2) is 0 Å². The van der Waals surface area contributed by atoms with E-state index in [1.165, 1.54) is 0 Å². The first-order valence-electron chi connectivity index (χ1n) is 6.15. The van der Waals surface area contributed by atoms with Crippen molar-refractivity contribution in [1.29, 1.82) is 5.26 Å². The molecule has 1 saturated heterocycles. The quantitative estimate of drug-likeness (QED) is 0.835. The van der Waals surface area contributed by atoms with Gasteiger partial charge in [-0.15, -0.1) is 0 Å². The summed E-state index contributed by atoms with van der Waals surface area (Å²) in [6.07, 6.45) is 0. The van der Waals surface area contributed by atoms with Gasteiger partial charge in [-0.1, -0.05) is 0 Å². The monoisotopic (exact) mass is 325 g/mol. The van der Waals surface area contributed by atoms with E-state index in [1.807, 2.05) is 13.8 Å². The number of carbonyl (C=O) groups excluding carboxylic acids is 1. The van der Waals surface area contributed by atoms with Gasteiger partial charge in [-0.2, -0.15) is 5.26 Å². The van der Waals surface area contributed by atoms with E-state index in [4.69, 9.17) is 9.68 Å². The summed E-state index contributed by atoms with van der Waals surface area (Å²) in [6, 6.07) is 5.66. The first kappa shape index (κ1) is 14.1. The molecule has 0 bridgehead atoms. The normalized spacial score (nSPS) is 17.3. The smallest absolute Gasteiger partial charge is 0.289 e. The van der Waals surface area contributed by atoms with Gasteiger partial charge in [0.05, 0.1) is 6.07 Å². The maximum absolute atomic E-state index is 12.2. The number of amides is 1. The summed E-state index contributed by atoms with van der Waals surface area (Å²) in [5, 5.41) is 9.11. The van der Waals surface area contributed by atoms with Crippen molar-refractivity contribution >= 4 is 21.8 Å². The molecule has 1 aromatic heterocycles. The predicted octanol–water partition coefficient (Wildman–Crippen LogP) is 2.10. The molecule has 1 aliphatic heterocycles. The fourth-order valence-electron chi connectivity index (χ4n) is 2.12. The van der Waals surface area contributed by atoms with Crippen LogP contribution in [0.4, 0.5) is 0 Å². The Labute approximate surface area is 120 Å². The van der Waals surface area contributed by atoms with E-state index < -0.39 is 5.54 Å². The average Bonchev–Trinajstić information content (AvgIpc) is 2.85. The van der Waals surface area contributed by atoms with Crippen LogP contribution < -0.4 is 0 Å². The number of furan rings is 1. The minimum absolute atomic E-state index is 0.0971. The predicted molar refractivity (Wildman–Crippen MR) is 73.6 cm³/mol. The van der Waals surface area contributed by atoms with E-state index >= 15 is 0 Å². The third-order valence-electron chi connectivity index (χ3n) is 3.42. The van der Waals surface area contributed by atoms with Gasteiger partial charge >= 0.3 is 0 Å². The zero-order chi connectivity index (χ0) is 14.0. The molecule has 0 aliphatic carbocycles. The zero-order valence-corrected chi connectivity index (χ0v) is 12.6. The van der Waals surface area contributed by atoms with Crippen LogP contribution in [0.15, 0.2) is 21.2 Å². The topological polar surface area (TPSA) is 60.5 Å². The molecule has 1 fully saturated rings. The van der Waals surface area contributed by atoms with Crippen molar-refractivity contribution in [1.82, 2.24) is 9.80 Å². The Morgan fingerprint density at radius 1 is 1.37 bits per heavy atom. The van der Waals surface area contributed by atoms with Gasteiger partial charge in [-0.3, -0.25) is 9.69 Å². The molecule has 5 nitrogen and oxygen atoms in total. The van der Waals surface area contributed by atoms with E-state index in [2.05, 4.69) is 26.9 Å². The van der Waals surface area contributed by atoms with Crippen LogP contribution in [-0.4, -0.2) is 47.4 Å². The Morgan fingerprint density at radius 3 is 2.47 bits per heavy atom. The second-order valence-electron chi connectivity index (χ2n) is 5.05. The summed E-state index contributed by atoms with van der Waals surface area (Å²) in [4.78, 5) is 16.0. The van der Waals surface area contributed by atoms with E-state index in [-0.39, 0.29) is 5.91 Å². The van der Waals surface area contributed by atoms with Crippen molar-refractivity contribution in [3.63, 3.8) is 0 Å². The maximum atomic E-state index is 12.2. The van der Waals surface area contributed by atoms with Crippen LogP contribution in [0, 0.1) is 11.3 Å². The molecule has 19 heavy (non-hydrogen) atoms. The maximum Gasteiger partial charge on any atom is 0.289 e. The molecule has 2 rings (SSSR count). The summed E-state index contributed by atoms with van der Waals surface area (Å²) in [6.45, 7) is 6.43. The molecule has 0 unspecified atom stereocenters. The van der Waals surface area contributed by atoms with Crippen LogP contribution in [0.5, 0.6) is 0 Å². The lowest BCUT2D eigenvalue weighted by Crippen LogP contribution is -2.55. The zero-order valence-electron chi connectivity index (χ0n) is 11.0. The van der Waals surface area contributed by atoms with E-state index in [1.54, 1.807) is 17.0 Å². The minimum Gasteiger partial charge on any atom is -0.444 e.